The van der Waals surface area contributed by atoms with Gasteiger partial charge in [0.15, 0.2) is 4.90 Å². The Morgan fingerprint density at radius 3 is 2.15 bits per heavy atom. The Balaban J connectivity index is 1.64. The minimum atomic E-state index is -4.54. The highest BCUT2D eigenvalue weighted by Crippen LogP contribution is 2.28. The molecule has 0 aliphatic carbocycles. The van der Waals surface area contributed by atoms with Gasteiger partial charge in [-0.15, -0.1) is 0 Å². The number of pyridine rings is 1. The predicted molar refractivity (Wildman–Crippen MR) is 165 cm³/mol. The molecule has 0 saturated heterocycles. The smallest absolute Gasteiger partial charge is 0.410 e. The zero-order valence-electron chi connectivity index (χ0n) is 25.7. The normalized spacial score (nSPS) is 13.2. The minimum absolute atomic E-state index is 0.0683. The van der Waals surface area contributed by atoms with Crippen molar-refractivity contribution in [2.24, 2.45) is 0 Å². The molecular formula is C31H35N5O9S. The van der Waals surface area contributed by atoms with E-state index in [1.54, 1.807) is 63.2 Å². The highest BCUT2D eigenvalue weighted by molar-refractivity contribution is 7.89. The van der Waals surface area contributed by atoms with Crippen LogP contribution in [0.15, 0.2) is 71.6 Å². The quantitative estimate of drug-likeness (QED) is 0.163. The standard InChI is InChI=1S/C31H35N5O9S/c1-31(2,3)45-30(40)33(16-9-19-37)17-18-34(46(43,44)27-15-7-6-14-26(27)36(41)42)20-22-10-8-11-23(32-22)21-35-28(38)24-12-4-5-13-25(24)29(35)39/h4-8,10-15,37H,9,16-21H2,1-3H3. The Bertz CT molecular complexity index is 1700. The van der Waals surface area contributed by atoms with Gasteiger partial charge in [0.1, 0.15) is 5.60 Å². The van der Waals surface area contributed by atoms with Crippen molar-refractivity contribution in [3.05, 3.63) is 99.4 Å². The molecule has 3 amide bonds. The lowest BCUT2D eigenvalue weighted by molar-refractivity contribution is -0.387. The molecule has 0 atom stereocenters. The van der Waals surface area contributed by atoms with E-state index in [9.17, 15) is 38.0 Å². The third-order valence-corrected chi connectivity index (χ3v) is 8.83. The number of para-hydroxylation sites is 1. The summed E-state index contributed by atoms with van der Waals surface area (Å²) < 4.78 is 34.4. The van der Waals surface area contributed by atoms with Crippen LogP contribution in [0.3, 0.4) is 0 Å². The lowest BCUT2D eigenvalue weighted by atomic mass is 10.1. The monoisotopic (exact) mass is 653 g/mol. The first-order valence-corrected chi connectivity index (χ1v) is 15.9. The number of ether oxygens (including phenoxy) is 1. The summed E-state index contributed by atoms with van der Waals surface area (Å²) in [5.41, 5.74) is -0.357. The Kier molecular flexibility index (Phi) is 10.5. The van der Waals surface area contributed by atoms with Crippen LogP contribution in [0.2, 0.25) is 0 Å². The number of carbonyl (C=O) groups excluding carboxylic acids is 3. The van der Waals surface area contributed by atoms with Gasteiger partial charge in [-0.25, -0.2) is 13.2 Å². The van der Waals surface area contributed by atoms with Crippen molar-refractivity contribution < 1.29 is 37.6 Å². The number of imide groups is 1. The van der Waals surface area contributed by atoms with Gasteiger partial charge in [0.05, 0.1) is 40.5 Å². The van der Waals surface area contributed by atoms with Crippen LogP contribution in [0.4, 0.5) is 10.5 Å². The summed E-state index contributed by atoms with van der Waals surface area (Å²) >= 11 is 0. The van der Waals surface area contributed by atoms with Gasteiger partial charge in [-0.1, -0.05) is 30.3 Å². The molecule has 4 rings (SSSR count). The van der Waals surface area contributed by atoms with Crippen LogP contribution in [0.5, 0.6) is 0 Å². The van der Waals surface area contributed by atoms with Crippen molar-refractivity contribution >= 4 is 33.6 Å². The molecule has 0 bridgehead atoms. The number of aromatic nitrogens is 1. The second kappa shape index (κ2) is 14.1. The summed E-state index contributed by atoms with van der Waals surface area (Å²) in [5, 5.41) is 21.1. The van der Waals surface area contributed by atoms with Crippen molar-refractivity contribution in [3.8, 4) is 0 Å². The fraction of sp³-hybridized carbons (Fsp3) is 0.355. The van der Waals surface area contributed by atoms with E-state index in [1.807, 2.05) is 0 Å². The van der Waals surface area contributed by atoms with Gasteiger partial charge in [0.25, 0.3) is 17.5 Å². The SMILES string of the molecule is CC(C)(C)OC(=O)N(CCCO)CCN(Cc1cccc(CN2C(=O)c3ccccc3C2=O)n1)S(=O)(=O)c1ccccc1[N+](=O)[O-]. The van der Waals surface area contributed by atoms with Crippen LogP contribution in [0.1, 0.15) is 59.3 Å². The van der Waals surface area contributed by atoms with Crippen LogP contribution in [0.25, 0.3) is 0 Å². The topological polar surface area (TPSA) is 181 Å². The summed E-state index contributed by atoms with van der Waals surface area (Å²) in [6.45, 7) is 3.91. The number of hydrogen-bond acceptors (Lipinski definition) is 10. The maximum Gasteiger partial charge on any atom is 0.410 e. The maximum absolute atomic E-state index is 14.0. The summed E-state index contributed by atoms with van der Waals surface area (Å²) in [6.07, 6.45) is -0.512. The fourth-order valence-electron chi connectivity index (χ4n) is 4.79. The van der Waals surface area contributed by atoms with Gasteiger partial charge in [0, 0.05) is 32.3 Å². The fourth-order valence-corrected chi connectivity index (χ4v) is 6.35. The number of aliphatic hydroxyl groups excluding tert-OH is 1. The van der Waals surface area contributed by atoms with E-state index < -0.39 is 49.0 Å². The number of carbonyl (C=O) groups is 3. The van der Waals surface area contributed by atoms with Crippen LogP contribution in [-0.4, -0.2) is 87.3 Å². The third-order valence-electron chi connectivity index (χ3n) is 6.94. The van der Waals surface area contributed by atoms with Crippen molar-refractivity contribution in [2.45, 2.75) is 50.8 Å². The molecule has 244 valence electrons. The molecule has 14 nitrogen and oxygen atoms in total. The number of rotatable bonds is 13. The minimum Gasteiger partial charge on any atom is -0.444 e. The molecule has 1 aliphatic rings. The van der Waals surface area contributed by atoms with E-state index >= 15 is 0 Å². The maximum atomic E-state index is 14.0. The lowest BCUT2D eigenvalue weighted by Gasteiger charge is -2.29. The van der Waals surface area contributed by atoms with E-state index in [0.717, 1.165) is 21.3 Å². The van der Waals surface area contributed by atoms with E-state index in [2.05, 4.69) is 4.98 Å². The molecule has 15 heteroatoms. The second-order valence-corrected chi connectivity index (χ2v) is 13.4. The molecule has 1 aromatic heterocycles. The average Bonchev–Trinajstić information content (AvgIpc) is 3.24. The number of nitro benzene ring substituents is 1. The van der Waals surface area contributed by atoms with E-state index in [-0.39, 0.29) is 62.6 Å². The predicted octanol–water partition coefficient (Wildman–Crippen LogP) is 3.60. The van der Waals surface area contributed by atoms with Crippen molar-refractivity contribution in [1.29, 1.82) is 0 Å². The highest BCUT2D eigenvalue weighted by Gasteiger charge is 2.36. The number of nitro groups is 1. The van der Waals surface area contributed by atoms with Crippen LogP contribution in [-0.2, 0) is 27.8 Å². The number of aliphatic hydroxyl groups is 1. The Morgan fingerprint density at radius 1 is 0.935 bits per heavy atom. The van der Waals surface area contributed by atoms with Crippen molar-refractivity contribution in [3.63, 3.8) is 0 Å². The number of fused-ring (bicyclic) bond motifs is 1. The van der Waals surface area contributed by atoms with E-state index in [4.69, 9.17) is 4.74 Å². The Hall–Kier alpha value is -4.73. The van der Waals surface area contributed by atoms with E-state index in [1.165, 1.54) is 17.0 Å². The Labute approximate surface area is 266 Å². The molecular weight excluding hydrogens is 618 g/mol. The summed E-state index contributed by atoms with van der Waals surface area (Å²) in [4.78, 5) is 56.0. The number of nitrogens with zero attached hydrogens (tertiary/aromatic N) is 5. The first-order chi connectivity index (χ1) is 21.7. The van der Waals surface area contributed by atoms with Crippen molar-refractivity contribution in [1.82, 2.24) is 19.1 Å². The van der Waals surface area contributed by atoms with Crippen LogP contribution in [0, 0.1) is 10.1 Å². The van der Waals surface area contributed by atoms with Gasteiger partial charge in [-0.2, -0.15) is 4.31 Å². The first-order valence-electron chi connectivity index (χ1n) is 14.5. The summed E-state index contributed by atoms with van der Waals surface area (Å²) in [5.74, 6) is -0.947. The second-order valence-electron chi connectivity index (χ2n) is 11.5. The zero-order chi connectivity index (χ0) is 33.6. The van der Waals surface area contributed by atoms with Gasteiger partial charge >= 0.3 is 6.09 Å². The third kappa shape index (κ3) is 7.91. The molecule has 0 fully saturated rings. The van der Waals surface area contributed by atoms with Gasteiger partial charge in [-0.3, -0.25) is 29.6 Å². The molecule has 0 unspecified atom stereocenters. The molecule has 2 heterocycles. The van der Waals surface area contributed by atoms with Crippen molar-refractivity contribution in [2.75, 3.05) is 26.2 Å². The first kappa shape index (κ1) is 34.1. The largest absolute Gasteiger partial charge is 0.444 e. The number of hydrogen-bond donors (Lipinski definition) is 1. The molecule has 0 spiro atoms. The van der Waals surface area contributed by atoms with Gasteiger partial charge < -0.3 is 14.7 Å². The molecule has 1 aliphatic heterocycles. The number of sulfonamides is 1. The van der Waals surface area contributed by atoms with Crippen LogP contribution >= 0.6 is 0 Å². The lowest BCUT2D eigenvalue weighted by Crippen LogP contribution is -2.43. The van der Waals surface area contributed by atoms with Gasteiger partial charge in [0.2, 0.25) is 10.0 Å². The summed E-state index contributed by atoms with van der Waals surface area (Å²) in [6, 6.07) is 16.1. The van der Waals surface area contributed by atoms with Gasteiger partial charge in [-0.05, 0) is 57.5 Å². The molecule has 0 saturated carbocycles. The molecule has 2 aromatic carbocycles. The molecule has 1 N–H and O–H groups in total. The van der Waals surface area contributed by atoms with E-state index in [0.29, 0.717) is 5.69 Å². The van der Waals surface area contributed by atoms with Crippen LogP contribution < -0.4 is 0 Å². The molecule has 46 heavy (non-hydrogen) atoms. The molecule has 0 radical (unpaired) electrons. The number of amides is 3. The summed E-state index contributed by atoms with van der Waals surface area (Å²) in [7, 11) is -4.54. The molecule has 3 aromatic rings. The average molecular weight is 654 g/mol. The zero-order valence-corrected chi connectivity index (χ0v) is 26.5. The number of benzene rings is 2. The highest BCUT2D eigenvalue weighted by atomic mass is 32.2. The Morgan fingerprint density at radius 2 is 1.54 bits per heavy atom.